The van der Waals surface area contributed by atoms with E-state index >= 15 is 0 Å². The first-order valence-electron chi connectivity index (χ1n) is 5.65. The topological polar surface area (TPSA) is 110 Å². The molecule has 0 aliphatic heterocycles. The van der Waals surface area contributed by atoms with Crippen molar-refractivity contribution < 1.29 is 9.72 Å². The van der Waals surface area contributed by atoms with Crippen LogP contribution >= 0.6 is 0 Å². The molecule has 2 amide bonds. The van der Waals surface area contributed by atoms with Crippen LogP contribution in [0.5, 0.6) is 0 Å². The molecule has 0 bridgehead atoms. The molecular weight excluding hydrogens is 262 g/mol. The third kappa shape index (κ3) is 3.25. The van der Waals surface area contributed by atoms with Crippen molar-refractivity contribution in [3.05, 3.63) is 52.5 Å². The van der Waals surface area contributed by atoms with E-state index in [0.717, 1.165) is 5.56 Å². The highest BCUT2D eigenvalue weighted by Gasteiger charge is 2.16. The molecule has 0 aliphatic rings. The van der Waals surface area contributed by atoms with Gasteiger partial charge in [-0.1, -0.05) is 6.07 Å². The molecule has 1 aromatic heterocycles. The highest BCUT2D eigenvalue weighted by Crippen LogP contribution is 2.25. The Morgan fingerprint density at radius 1 is 1.30 bits per heavy atom. The maximum absolute atomic E-state index is 11.7. The zero-order valence-corrected chi connectivity index (χ0v) is 10.5. The van der Waals surface area contributed by atoms with Crippen LogP contribution in [0.15, 0.2) is 36.8 Å². The Morgan fingerprint density at radius 3 is 2.75 bits per heavy atom. The Hall–Kier alpha value is -3.03. The van der Waals surface area contributed by atoms with Crippen LogP contribution in [-0.2, 0) is 0 Å². The first-order valence-corrected chi connectivity index (χ1v) is 5.65. The average Bonchev–Trinajstić information content (AvgIpc) is 2.41. The quantitative estimate of drug-likeness (QED) is 0.658. The molecule has 0 aliphatic carbocycles. The number of carbonyl (C=O) groups is 1. The van der Waals surface area contributed by atoms with Crippen molar-refractivity contribution in [1.29, 1.82) is 0 Å². The van der Waals surface area contributed by atoms with Gasteiger partial charge in [0.2, 0.25) is 0 Å². The summed E-state index contributed by atoms with van der Waals surface area (Å²) in [5.41, 5.74) is 0.679. The number of hydrogen-bond donors (Lipinski definition) is 2. The van der Waals surface area contributed by atoms with Gasteiger partial charge in [0.25, 0.3) is 5.69 Å². The predicted molar refractivity (Wildman–Crippen MR) is 72.5 cm³/mol. The van der Waals surface area contributed by atoms with Gasteiger partial charge in [-0.3, -0.25) is 20.4 Å². The molecule has 8 heteroatoms. The monoisotopic (exact) mass is 273 g/mol. The lowest BCUT2D eigenvalue weighted by atomic mass is 10.2. The fraction of sp³-hybridized carbons (Fsp3) is 0.0833. The van der Waals surface area contributed by atoms with Crippen LogP contribution in [0, 0.1) is 17.0 Å². The number of benzene rings is 1. The molecule has 2 aromatic rings. The second kappa shape index (κ2) is 5.74. The van der Waals surface area contributed by atoms with Crippen LogP contribution in [0.2, 0.25) is 0 Å². The summed E-state index contributed by atoms with van der Waals surface area (Å²) in [6.45, 7) is 1.73. The number of nitrogens with zero attached hydrogens (tertiary/aromatic N) is 3. The van der Waals surface area contributed by atoms with Gasteiger partial charge in [-0.05, 0) is 18.6 Å². The highest BCUT2D eigenvalue weighted by molar-refractivity contribution is 6.00. The van der Waals surface area contributed by atoms with Crippen molar-refractivity contribution >= 4 is 23.2 Å². The predicted octanol–water partition coefficient (Wildman–Crippen LogP) is 2.34. The van der Waals surface area contributed by atoms with Crippen LogP contribution in [0.3, 0.4) is 0 Å². The first-order chi connectivity index (χ1) is 9.56. The molecule has 2 rings (SSSR count). The molecule has 1 aromatic carbocycles. The van der Waals surface area contributed by atoms with E-state index in [4.69, 9.17) is 0 Å². The zero-order valence-electron chi connectivity index (χ0n) is 10.5. The summed E-state index contributed by atoms with van der Waals surface area (Å²) in [4.78, 5) is 29.8. The summed E-state index contributed by atoms with van der Waals surface area (Å²) >= 11 is 0. The molecular formula is C12H11N5O3. The maximum atomic E-state index is 11.7. The fourth-order valence-corrected chi connectivity index (χ4v) is 1.53. The number of carbonyl (C=O) groups excluding carboxylic acids is 1. The summed E-state index contributed by atoms with van der Waals surface area (Å²) in [6.07, 6.45) is 4.25. The number of rotatable bonds is 3. The van der Waals surface area contributed by atoms with Gasteiger partial charge in [-0.25, -0.2) is 9.78 Å². The van der Waals surface area contributed by atoms with Crippen LogP contribution in [0.4, 0.5) is 22.0 Å². The van der Waals surface area contributed by atoms with Gasteiger partial charge in [-0.2, -0.15) is 0 Å². The van der Waals surface area contributed by atoms with Gasteiger partial charge in [0, 0.05) is 18.5 Å². The lowest BCUT2D eigenvalue weighted by Crippen LogP contribution is -2.20. The van der Waals surface area contributed by atoms with E-state index in [1.165, 1.54) is 30.7 Å². The highest BCUT2D eigenvalue weighted by atomic mass is 16.6. The number of aromatic nitrogens is 2. The first kappa shape index (κ1) is 13.4. The van der Waals surface area contributed by atoms with Crippen LogP contribution in [-0.4, -0.2) is 20.9 Å². The smallest absolute Gasteiger partial charge is 0.302 e. The van der Waals surface area contributed by atoms with Gasteiger partial charge >= 0.3 is 6.03 Å². The number of aryl methyl sites for hydroxylation is 1. The lowest BCUT2D eigenvalue weighted by molar-refractivity contribution is -0.384. The van der Waals surface area contributed by atoms with Crippen molar-refractivity contribution in [2.75, 3.05) is 10.6 Å². The normalized spacial score (nSPS) is 9.85. The second-order valence-corrected chi connectivity index (χ2v) is 3.95. The van der Waals surface area contributed by atoms with Crippen molar-refractivity contribution in [2.24, 2.45) is 0 Å². The minimum Gasteiger partial charge on any atom is -0.302 e. The molecule has 0 saturated heterocycles. The van der Waals surface area contributed by atoms with Crippen LogP contribution in [0.1, 0.15) is 5.56 Å². The molecule has 1 heterocycles. The van der Waals surface area contributed by atoms with Gasteiger partial charge in [0.1, 0.15) is 5.69 Å². The van der Waals surface area contributed by atoms with Gasteiger partial charge in [-0.15, -0.1) is 0 Å². The van der Waals surface area contributed by atoms with Gasteiger partial charge in [0.05, 0.1) is 11.1 Å². The summed E-state index contributed by atoms with van der Waals surface area (Å²) in [5, 5.41) is 15.8. The van der Waals surface area contributed by atoms with Crippen LogP contribution < -0.4 is 10.6 Å². The minimum atomic E-state index is -0.627. The van der Waals surface area contributed by atoms with E-state index in [0.29, 0.717) is 0 Å². The third-order valence-corrected chi connectivity index (χ3v) is 2.40. The SMILES string of the molecule is Cc1ccc(NC(=O)Nc2cnccn2)c([N+](=O)[O-])c1. The van der Waals surface area contributed by atoms with E-state index in [-0.39, 0.29) is 17.2 Å². The molecule has 20 heavy (non-hydrogen) atoms. The zero-order chi connectivity index (χ0) is 14.5. The summed E-state index contributed by atoms with van der Waals surface area (Å²) in [7, 11) is 0. The summed E-state index contributed by atoms with van der Waals surface area (Å²) < 4.78 is 0. The Bertz CT molecular complexity index is 645. The number of anilines is 2. The van der Waals surface area contributed by atoms with Crippen molar-refractivity contribution in [3.63, 3.8) is 0 Å². The van der Waals surface area contributed by atoms with E-state index in [1.807, 2.05) is 0 Å². The summed E-state index contributed by atoms with van der Waals surface area (Å²) in [6, 6.07) is 3.91. The van der Waals surface area contributed by atoms with E-state index in [1.54, 1.807) is 13.0 Å². The molecule has 102 valence electrons. The fourth-order valence-electron chi connectivity index (χ4n) is 1.53. The number of nitro groups is 1. The third-order valence-electron chi connectivity index (χ3n) is 2.40. The second-order valence-electron chi connectivity index (χ2n) is 3.95. The Kier molecular flexibility index (Phi) is 3.85. The number of amides is 2. The Morgan fingerprint density at radius 2 is 2.10 bits per heavy atom. The van der Waals surface area contributed by atoms with Crippen molar-refractivity contribution in [1.82, 2.24) is 9.97 Å². The largest absolute Gasteiger partial charge is 0.325 e. The standard InChI is InChI=1S/C12H11N5O3/c1-8-2-3-9(10(6-8)17(19)20)15-12(18)16-11-7-13-4-5-14-11/h2-7H,1H3,(H2,14,15,16,18). The Labute approximate surface area is 114 Å². The molecule has 0 saturated carbocycles. The van der Waals surface area contributed by atoms with Crippen molar-refractivity contribution in [2.45, 2.75) is 6.92 Å². The van der Waals surface area contributed by atoms with E-state index in [2.05, 4.69) is 20.6 Å². The van der Waals surface area contributed by atoms with Crippen molar-refractivity contribution in [3.8, 4) is 0 Å². The van der Waals surface area contributed by atoms with Gasteiger partial charge < -0.3 is 5.32 Å². The molecule has 0 atom stereocenters. The average molecular weight is 273 g/mol. The van der Waals surface area contributed by atoms with Gasteiger partial charge in [0.15, 0.2) is 5.82 Å². The number of urea groups is 1. The molecule has 0 spiro atoms. The minimum absolute atomic E-state index is 0.113. The van der Waals surface area contributed by atoms with E-state index in [9.17, 15) is 14.9 Å². The molecule has 0 radical (unpaired) electrons. The summed E-state index contributed by atoms with van der Waals surface area (Å²) in [5.74, 6) is 0.250. The number of nitro benzene ring substituents is 1. The molecule has 0 unspecified atom stereocenters. The van der Waals surface area contributed by atoms with Crippen LogP contribution in [0.25, 0.3) is 0 Å². The lowest BCUT2D eigenvalue weighted by Gasteiger charge is -2.07. The Balaban J connectivity index is 2.14. The number of hydrogen-bond acceptors (Lipinski definition) is 5. The molecule has 0 fully saturated rings. The number of nitrogens with one attached hydrogen (secondary N) is 2. The maximum Gasteiger partial charge on any atom is 0.325 e. The van der Waals surface area contributed by atoms with E-state index < -0.39 is 11.0 Å². The molecule has 8 nitrogen and oxygen atoms in total. The molecule has 2 N–H and O–H groups in total.